The van der Waals surface area contributed by atoms with Crippen molar-refractivity contribution in [1.29, 1.82) is 0 Å². The van der Waals surface area contributed by atoms with Crippen molar-refractivity contribution in [2.45, 2.75) is 26.4 Å². The highest BCUT2D eigenvalue weighted by molar-refractivity contribution is 7.07. The Morgan fingerprint density at radius 3 is 2.83 bits per heavy atom. The van der Waals surface area contributed by atoms with Gasteiger partial charge in [0, 0.05) is 12.0 Å². The number of hydrogen-bond acceptors (Lipinski definition) is 3. The molecule has 2 nitrogen and oxygen atoms in total. The summed E-state index contributed by atoms with van der Waals surface area (Å²) in [7, 11) is 0. The topological polar surface area (TPSA) is 29.5 Å². The van der Waals surface area contributed by atoms with Crippen LogP contribution in [0, 0.1) is 6.92 Å². The van der Waals surface area contributed by atoms with Gasteiger partial charge in [-0.15, -0.1) is 0 Å². The van der Waals surface area contributed by atoms with Gasteiger partial charge >= 0.3 is 0 Å². The van der Waals surface area contributed by atoms with Crippen LogP contribution in [0.4, 0.5) is 0 Å². The molecule has 3 heteroatoms. The molecule has 2 rings (SSSR count). The van der Waals surface area contributed by atoms with Crippen molar-refractivity contribution in [2.24, 2.45) is 0 Å². The number of aliphatic hydroxyl groups is 1. The normalized spacial score (nSPS) is 12.4. The second-order valence-electron chi connectivity index (χ2n) is 4.45. The Bertz CT molecular complexity index is 489. The van der Waals surface area contributed by atoms with E-state index in [0.29, 0.717) is 6.61 Å². The molecule has 0 aliphatic heterocycles. The first-order valence-corrected chi connectivity index (χ1v) is 7.03. The fourth-order valence-corrected chi connectivity index (χ4v) is 2.53. The van der Waals surface area contributed by atoms with Crippen LogP contribution in [-0.2, 0) is 6.42 Å². The van der Waals surface area contributed by atoms with E-state index in [9.17, 15) is 5.11 Å². The third-order valence-corrected chi connectivity index (χ3v) is 3.58. The maximum atomic E-state index is 9.70. The molecule has 0 spiro atoms. The van der Waals surface area contributed by atoms with E-state index in [1.165, 1.54) is 5.56 Å². The van der Waals surface area contributed by atoms with Crippen LogP contribution < -0.4 is 4.74 Å². The number of rotatable bonds is 5. The van der Waals surface area contributed by atoms with E-state index in [0.717, 1.165) is 23.3 Å². The van der Waals surface area contributed by atoms with Crippen molar-refractivity contribution < 1.29 is 9.84 Å². The molecule has 1 aromatic carbocycles. The zero-order valence-electron chi connectivity index (χ0n) is 10.7. The summed E-state index contributed by atoms with van der Waals surface area (Å²) >= 11 is 1.70. The number of benzene rings is 1. The molecule has 0 radical (unpaired) electrons. The summed E-state index contributed by atoms with van der Waals surface area (Å²) < 4.78 is 5.80. The summed E-state index contributed by atoms with van der Waals surface area (Å²) in [5.74, 6) is 0.792. The fourth-order valence-electron chi connectivity index (χ4n) is 1.83. The van der Waals surface area contributed by atoms with E-state index in [-0.39, 0.29) is 0 Å². The number of ether oxygens (including phenoxy) is 1. The molecule has 0 bridgehead atoms. The summed E-state index contributed by atoms with van der Waals surface area (Å²) in [6.07, 6.45) is 0.401. The van der Waals surface area contributed by atoms with Gasteiger partial charge in [0.1, 0.15) is 5.75 Å². The van der Waals surface area contributed by atoms with Gasteiger partial charge in [0.15, 0.2) is 0 Å². The smallest absolute Gasteiger partial charge is 0.125 e. The Hall–Kier alpha value is -1.32. The molecule has 2 aromatic rings. The number of thiophene rings is 1. The average molecular weight is 262 g/mol. The summed E-state index contributed by atoms with van der Waals surface area (Å²) in [6, 6.07) is 8.02. The zero-order chi connectivity index (χ0) is 13.0. The van der Waals surface area contributed by atoms with Crippen LogP contribution in [0.5, 0.6) is 5.75 Å². The van der Waals surface area contributed by atoms with E-state index in [2.05, 4.69) is 16.8 Å². The third kappa shape index (κ3) is 3.34. The summed E-state index contributed by atoms with van der Waals surface area (Å²) in [5.41, 5.74) is 3.29. The maximum absolute atomic E-state index is 9.70. The van der Waals surface area contributed by atoms with Crippen LogP contribution in [-0.4, -0.2) is 11.7 Å². The molecule has 1 aromatic heterocycles. The molecule has 1 N–H and O–H groups in total. The Balaban J connectivity index is 2.01. The van der Waals surface area contributed by atoms with Crippen LogP contribution in [0.3, 0.4) is 0 Å². The largest absolute Gasteiger partial charge is 0.493 e. The van der Waals surface area contributed by atoms with E-state index < -0.39 is 6.10 Å². The number of aliphatic hydroxyl groups excluding tert-OH is 1. The highest BCUT2D eigenvalue weighted by atomic mass is 32.1. The van der Waals surface area contributed by atoms with Gasteiger partial charge in [-0.2, -0.15) is 11.3 Å². The van der Waals surface area contributed by atoms with Crippen LogP contribution in [0.1, 0.15) is 29.7 Å². The molecule has 0 fully saturated rings. The van der Waals surface area contributed by atoms with E-state index in [1.807, 2.05) is 25.1 Å². The molecule has 0 saturated heterocycles. The van der Waals surface area contributed by atoms with Crippen LogP contribution >= 0.6 is 11.3 Å². The number of aryl methyl sites for hydroxylation is 1. The zero-order valence-corrected chi connectivity index (χ0v) is 11.5. The first-order valence-electron chi connectivity index (χ1n) is 6.09. The molecule has 0 aliphatic rings. The van der Waals surface area contributed by atoms with Gasteiger partial charge in [-0.25, -0.2) is 0 Å². The van der Waals surface area contributed by atoms with Gasteiger partial charge in [-0.3, -0.25) is 0 Å². The molecule has 96 valence electrons. The Labute approximate surface area is 112 Å². The predicted octanol–water partition coefficient (Wildman–Crippen LogP) is 3.73. The van der Waals surface area contributed by atoms with Gasteiger partial charge in [-0.1, -0.05) is 12.1 Å². The molecule has 0 amide bonds. The first kappa shape index (κ1) is 13.1. The molecule has 1 heterocycles. The van der Waals surface area contributed by atoms with Crippen molar-refractivity contribution in [3.05, 3.63) is 51.7 Å². The second kappa shape index (κ2) is 6.03. The molecule has 1 atom stereocenters. The Morgan fingerprint density at radius 1 is 1.33 bits per heavy atom. The fraction of sp³-hybridized carbons (Fsp3) is 0.333. The minimum absolute atomic E-state index is 0.498. The van der Waals surface area contributed by atoms with Gasteiger partial charge in [0.2, 0.25) is 0 Å². The minimum atomic E-state index is -0.498. The lowest BCUT2D eigenvalue weighted by Crippen LogP contribution is -2.04. The van der Waals surface area contributed by atoms with E-state index in [1.54, 1.807) is 18.3 Å². The summed E-state index contributed by atoms with van der Waals surface area (Å²) in [5, 5.41) is 13.9. The standard InChI is InChI=1S/C15H18O2S/c1-11-3-4-14(12(2)16)15(9-11)17-7-5-13-6-8-18-10-13/h3-4,6,8-10,12,16H,5,7H2,1-2H3/t12-/m0/s1. The Kier molecular flexibility index (Phi) is 4.39. The molecule has 0 aliphatic carbocycles. The van der Waals surface area contributed by atoms with Gasteiger partial charge in [0.25, 0.3) is 0 Å². The lowest BCUT2D eigenvalue weighted by Gasteiger charge is -2.14. The molecular formula is C15H18O2S. The van der Waals surface area contributed by atoms with Gasteiger partial charge in [-0.05, 0) is 47.9 Å². The first-order chi connectivity index (χ1) is 8.66. The predicted molar refractivity (Wildman–Crippen MR) is 75.3 cm³/mol. The minimum Gasteiger partial charge on any atom is -0.493 e. The van der Waals surface area contributed by atoms with Crippen molar-refractivity contribution in [1.82, 2.24) is 0 Å². The third-order valence-electron chi connectivity index (χ3n) is 2.85. The molecular weight excluding hydrogens is 244 g/mol. The van der Waals surface area contributed by atoms with E-state index >= 15 is 0 Å². The molecule has 0 saturated carbocycles. The highest BCUT2D eigenvalue weighted by Gasteiger charge is 2.09. The quantitative estimate of drug-likeness (QED) is 0.889. The number of hydrogen-bond donors (Lipinski definition) is 1. The lowest BCUT2D eigenvalue weighted by atomic mass is 10.1. The van der Waals surface area contributed by atoms with Gasteiger partial charge in [0.05, 0.1) is 12.7 Å². The lowest BCUT2D eigenvalue weighted by molar-refractivity contribution is 0.191. The van der Waals surface area contributed by atoms with Gasteiger partial charge < -0.3 is 9.84 Å². The van der Waals surface area contributed by atoms with Crippen LogP contribution in [0.2, 0.25) is 0 Å². The van der Waals surface area contributed by atoms with E-state index in [4.69, 9.17) is 4.74 Å². The Morgan fingerprint density at radius 2 is 2.17 bits per heavy atom. The van der Waals surface area contributed by atoms with Crippen LogP contribution in [0.25, 0.3) is 0 Å². The highest BCUT2D eigenvalue weighted by Crippen LogP contribution is 2.26. The monoisotopic (exact) mass is 262 g/mol. The second-order valence-corrected chi connectivity index (χ2v) is 5.23. The maximum Gasteiger partial charge on any atom is 0.125 e. The van der Waals surface area contributed by atoms with Crippen molar-refractivity contribution in [2.75, 3.05) is 6.61 Å². The van der Waals surface area contributed by atoms with Crippen molar-refractivity contribution >= 4 is 11.3 Å². The molecule has 18 heavy (non-hydrogen) atoms. The van der Waals surface area contributed by atoms with Crippen molar-refractivity contribution in [3.63, 3.8) is 0 Å². The molecule has 0 unspecified atom stereocenters. The SMILES string of the molecule is Cc1ccc([C@H](C)O)c(OCCc2ccsc2)c1. The van der Waals surface area contributed by atoms with Crippen molar-refractivity contribution in [3.8, 4) is 5.75 Å². The summed E-state index contributed by atoms with van der Waals surface area (Å²) in [4.78, 5) is 0. The summed E-state index contributed by atoms with van der Waals surface area (Å²) in [6.45, 7) is 4.42. The van der Waals surface area contributed by atoms with Crippen LogP contribution in [0.15, 0.2) is 35.0 Å². The average Bonchev–Trinajstić information content (AvgIpc) is 2.82.